The largest absolute Gasteiger partial charge is 0.491 e. The molecule has 0 bridgehead atoms. The lowest BCUT2D eigenvalue weighted by molar-refractivity contribution is 0.310. The van der Waals surface area contributed by atoms with E-state index in [9.17, 15) is 0 Å². The summed E-state index contributed by atoms with van der Waals surface area (Å²) in [6, 6.07) is 7.56. The number of halogens is 1. The first-order valence-corrected chi connectivity index (χ1v) is 5.92. The lowest BCUT2D eigenvalue weighted by Gasteiger charge is -2.08. The van der Waals surface area contributed by atoms with Crippen LogP contribution in [-0.4, -0.2) is 18.3 Å². The summed E-state index contributed by atoms with van der Waals surface area (Å²) in [6.07, 6.45) is 2.14. The summed E-state index contributed by atoms with van der Waals surface area (Å²) < 4.78 is 5.62. The van der Waals surface area contributed by atoms with E-state index >= 15 is 0 Å². The molecule has 1 rings (SSSR count). The van der Waals surface area contributed by atoms with E-state index in [1.165, 1.54) is 0 Å². The van der Waals surface area contributed by atoms with Gasteiger partial charge in [-0.2, -0.15) is 0 Å². The molecule has 1 aromatic carbocycles. The Morgan fingerprint density at radius 1 is 1.44 bits per heavy atom. The normalized spacial score (nSPS) is 11.5. The quantitative estimate of drug-likeness (QED) is 0.360. The number of nitrogens with zero attached hydrogens (tertiary/aromatic N) is 1. The first-order chi connectivity index (χ1) is 7.77. The zero-order valence-corrected chi connectivity index (χ0v) is 10.2. The number of unbranched alkanes of at least 4 members (excludes halogenated alkanes) is 1. The van der Waals surface area contributed by atoms with Crippen molar-refractivity contribution in [3.05, 3.63) is 24.3 Å². The molecule has 0 saturated heterocycles. The van der Waals surface area contributed by atoms with Crippen LogP contribution < -0.4 is 10.5 Å². The Kier molecular flexibility index (Phi) is 5.72. The third-order valence-corrected chi connectivity index (χ3v) is 2.30. The zero-order chi connectivity index (χ0) is 11.8. The first kappa shape index (κ1) is 12.8. The average molecular weight is 241 g/mol. The fourth-order valence-corrected chi connectivity index (χ4v) is 1.24. The van der Waals surface area contributed by atoms with Crippen molar-refractivity contribution in [2.45, 2.75) is 19.8 Å². The molecular formula is C12H17ClN2O. The number of rotatable bonds is 6. The molecule has 88 valence electrons. The number of hydrogen-bond acceptors (Lipinski definition) is 2. The summed E-state index contributed by atoms with van der Waals surface area (Å²) >= 11 is 5.58. The molecule has 0 radical (unpaired) electrons. The minimum absolute atomic E-state index is 0.225. The summed E-state index contributed by atoms with van der Waals surface area (Å²) in [7, 11) is 0. The van der Waals surface area contributed by atoms with Crippen molar-refractivity contribution in [1.82, 2.24) is 0 Å². The van der Waals surface area contributed by atoms with Crippen molar-refractivity contribution in [3.63, 3.8) is 0 Å². The van der Waals surface area contributed by atoms with Crippen LogP contribution in [0.4, 0.5) is 5.69 Å². The second kappa shape index (κ2) is 7.12. The number of amidine groups is 1. The summed E-state index contributed by atoms with van der Waals surface area (Å²) in [5.74, 6) is 1.38. The van der Waals surface area contributed by atoms with Gasteiger partial charge >= 0.3 is 0 Å². The van der Waals surface area contributed by atoms with E-state index in [-0.39, 0.29) is 5.88 Å². The van der Waals surface area contributed by atoms with Crippen LogP contribution in [-0.2, 0) is 0 Å². The number of benzene rings is 1. The number of alkyl halides is 1. The van der Waals surface area contributed by atoms with Crippen LogP contribution in [0.1, 0.15) is 19.8 Å². The van der Waals surface area contributed by atoms with Gasteiger partial charge in [0.1, 0.15) is 17.3 Å². The monoisotopic (exact) mass is 240 g/mol. The van der Waals surface area contributed by atoms with Crippen molar-refractivity contribution in [2.24, 2.45) is 10.7 Å². The molecular weight excluding hydrogens is 224 g/mol. The highest BCUT2D eigenvalue weighted by molar-refractivity contribution is 6.28. The SMILES string of the molecule is CCCCOc1ccccc1N=C(N)CCl. The van der Waals surface area contributed by atoms with E-state index in [0.29, 0.717) is 12.4 Å². The highest BCUT2D eigenvalue weighted by Gasteiger charge is 2.01. The summed E-state index contributed by atoms with van der Waals surface area (Å²) in [5, 5.41) is 0. The van der Waals surface area contributed by atoms with Gasteiger partial charge in [-0.3, -0.25) is 0 Å². The molecule has 0 amide bonds. The van der Waals surface area contributed by atoms with Crippen LogP contribution in [0.3, 0.4) is 0 Å². The van der Waals surface area contributed by atoms with E-state index in [1.807, 2.05) is 24.3 Å². The van der Waals surface area contributed by atoms with Crippen LogP contribution in [0.25, 0.3) is 0 Å². The van der Waals surface area contributed by atoms with Gasteiger partial charge in [-0.25, -0.2) is 4.99 Å². The van der Waals surface area contributed by atoms with E-state index in [2.05, 4.69) is 11.9 Å². The number of para-hydroxylation sites is 2. The highest BCUT2D eigenvalue weighted by atomic mass is 35.5. The molecule has 0 saturated carbocycles. The lowest BCUT2D eigenvalue weighted by Crippen LogP contribution is -2.12. The van der Waals surface area contributed by atoms with Gasteiger partial charge in [-0.15, -0.1) is 11.6 Å². The molecule has 0 unspecified atom stereocenters. The Bertz CT molecular complexity index is 353. The van der Waals surface area contributed by atoms with Gasteiger partial charge < -0.3 is 10.5 Å². The molecule has 16 heavy (non-hydrogen) atoms. The molecule has 0 aliphatic rings. The van der Waals surface area contributed by atoms with Gasteiger partial charge in [-0.1, -0.05) is 25.5 Å². The molecule has 1 aromatic rings. The van der Waals surface area contributed by atoms with E-state index in [4.69, 9.17) is 22.1 Å². The van der Waals surface area contributed by atoms with Crippen LogP contribution >= 0.6 is 11.6 Å². The Hall–Kier alpha value is -1.22. The van der Waals surface area contributed by atoms with Gasteiger partial charge in [0.2, 0.25) is 0 Å². The van der Waals surface area contributed by atoms with Crippen LogP contribution in [0.15, 0.2) is 29.3 Å². The van der Waals surface area contributed by atoms with Crippen molar-refractivity contribution in [3.8, 4) is 5.75 Å². The molecule has 0 aliphatic heterocycles. The molecule has 0 aliphatic carbocycles. The number of nitrogens with two attached hydrogens (primary N) is 1. The molecule has 0 fully saturated rings. The number of hydrogen-bond donors (Lipinski definition) is 1. The minimum atomic E-state index is 0.225. The second-order valence-corrected chi connectivity index (χ2v) is 3.67. The maximum absolute atomic E-state index is 5.62. The average Bonchev–Trinajstić information content (AvgIpc) is 2.31. The van der Waals surface area contributed by atoms with Crippen LogP contribution in [0, 0.1) is 0 Å². The molecule has 0 atom stereocenters. The van der Waals surface area contributed by atoms with Crippen molar-refractivity contribution >= 4 is 23.1 Å². The topological polar surface area (TPSA) is 47.6 Å². The predicted molar refractivity (Wildman–Crippen MR) is 68.8 cm³/mol. The van der Waals surface area contributed by atoms with Gasteiger partial charge in [-0.05, 0) is 18.6 Å². The first-order valence-electron chi connectivity index (χ1n) is 5.38. The van der Waals surface area contributed by atoms with E-state index in [0.717, 1.165) is 24.3 Å². The maximum atomic E-state index is 5.62. The smallest absolute Gasteiger partial charge is 0.144 e. The Morgan fingerprint density at radius 2 is 2.19 bits per heavy atom. The van der Waals surface area contributed by atoms with Gasteiger partial charge in [0.15, 0.2) is 0 Å². The highest BCUT2D eigenvalue weighted by Crippen LogP contribution is 2.26. The van der Waals surface area contributed by atoms with Crippen molar-refractivity contribution in [2.75, 3.05) is 12.5 Å². The summed E-state index contributed by atoms with van der Waals surface area (Å²) in [6.45, 7) is 2.82. The summed E-state index contributed by atoms with van der Waals surface area (Å²) in [5.41, 5.74) is 6.32. The fourth-order valence-electron chi connectivity index (χ4n) is 1.18. The van der Waals surface area contributed by atoms with Crippen LogP contribution in [0.5, 0.6) is 5.75 Å². The molecule has 2 N–H and O–H groups in total. The fraction of sp³-hybridized carbons (Fsp3) is 0.417. The Balaban J connectivity index is 2.75. The second-order valence-electron chi connectivity index (χ2n) is 3.41. The molecule has 4 heteroatoms. The Labute approximate surface area is 101 Å². The third-order valence-electron chi connectivity index (χ3n) is 2.02. The minimum Gasteiger partial charge on any atom is -0.491 e. The molecule has 0 spiro atoms. The van der Waals surface area contributed by atoms with Crippen LogP contribution in [0.2, 0.25) is 0 Å². The van der Waals surface area contributed by atoms with E-state index < -0.39 is 0 Å². The van der Waals surface area contributed by atoms with E-state index in [1.54, 1.807) is 0 Å². The Morgan fingerprint density at radius 3 is 2.88 bits per heavy atom. The van der Waals surface area contributed by atoms with Crippen molar-refractivity contribution < 1.29 is 4.74 Å². The van der Waals surface area contributed by atoms with Gasteiger partial charge in [0.25, 0.3) is 0 Å². The number of aliphatic imine (C=N–C) groups is 1. The maximum Gasteiger partial charge on any atom is 0.144 e. The van der Waals surface area contributed by atoms with Crippen molar-refractivity contribution in [1.29, 1.82) is 0 Å². The molecule has 0 heterocycles. The third kappa shape index (κ3) is 4.11. The zero-order valence-electron chi connectivity index (χ0n) is 9.45. The lowest BCUT2D eigenvalue weighted by atomic mass is 10.3. The molecule has 3 nitrogen and oxygen atoms in total. The summed E-state index contributed by atoms with van der Waals surface area (Å²) in [4.78, 5) is 4.19. The number of ether oxygens (including phenoxy) is 1. The molecule has 0 aromatic heterocycles. The van der Waals surface area contributed by atoms with Gasteiger partial charge in [0.05, 0.1) is 12.5 Å². The standard InChI is InChI=1S/C12H17ClN2O/c1-2-3-8-16-11-7-5-4-6-10(11)15-12(14)9-13/h4-7H,2-3,8-9H2,1H3,(H2,14,15). The van der Waals surface area contributed by atoms with Gasteiger partial charge in [0, 0.05) is 0 Å². The predicted octanol–water partition coefficient (Wildman–Crippen LogP) is 3.09.